The lowest BCUT2D eigenvalue weighted by Crippen LogP contribution is -2.40. The van der Waals surface area contributed by atoms with Crippen LogP contribution in [0, 0.1) is 21.4 Å². The zero-order valence-corrected chi connectivity index (χ0v) is 9.79. The monoisotopic (exact) mass is 248 g/mol. The molecule has 1 heterocycles. The Kier molecular flexibility index (Phi) is 3.39. The molecule has 1 aliphatic rings. The number of hydrogen-bond donors (Lipinski definition) is 1. The lowest BCUT2D eigenvalue weighted by Gasteiger charge is -2.34. The molecule has 7 heteroatoms. The molecule has 18 heavy (non-hydrogen) atoms. The smallest absolute Gasteiger partial charge is 0.305 e. The molecule has 0 aromatic carbocycles. The number of methoxy groups -OCH3 is 1. The van der Waals surface area contributed by atoms with Crippen molar-refractivity contribution in [2.24, 2.45) is 0 Å². The largest absolute Gasteiger partial charge is 0.381 e. The molecule has 0 radical (unpaired) electrons. The number of nitrogens with zero attached hydrogens (tertiary/aromatic N) is 3. The van der Waals surface area contributed by atoms with Gasteiger partial charge >= 0.3 is 5.69 Å². The van der Waals surface area contributed by atoms with E-state index in [1.807, 2.05) is 0 Å². The quantitative estimate of drug-likeness (QED) is 0.639. The minimum Gasteiger partial charge on any atom is -0.381 e. The summed E-state index contributed by atoms with van der Waals surface area (Å²) in [7, 11) is 1.67. The van der Waals surface area contributed by atoms with E-state index >= 15 is 0 Å². The molecule has 94 valence electrons. The van der Waals surface area contributed by atoms with Crippen LogP contribution < -0.4 is 5.32 Å². The lowest BCUT2D eigenvalue weighted by atomic mass is 9.89. The summed E-state index contributed by atoms with van der Waals surface area (Å²) in [6, 6.07) is 4.78. The van der Waals surface area contributed by atoms with E-state index in [2.05, 4.69) is 10.3 Å². The van der Waals surface area contributed by atoms with Crippen LogP contribution in [0.1, 0.15) is 18.5 Å². The normalized spacial score (nSPS) is 21.8. The summed E-state index contributed by atoms with van der Waals surface area (Å²) in [6.07, 6.45) is 2.00. The predicted octanol–water partition coefficient (Wildman–Crippen LogP) is 1.45. The molecule has 0 spiro atoms. The average Bonchev–Trinajstić information content (AvgIpc) is 2.32. The van der Waals surface area contributed by atoms with Crippen molar-refractivity contribution in [3.8, 4) is 6.07 Å². The molecule has 1 N–H and O–H groups in total. The number of nitriles is 1. The van der Waals surface area contributed by atoms with Gasteiger partial charge < -0.3 is 10.1 Å². The fourth-order valence-corrected chi connectivity index (χ4v) is 1.85. The first kappa shape index (κ1) is 12.3. The van der Waals surface area contributed by atoms with Crippen molar-refractivity contribution < 1.29 is 9.66 Å². The molecule has 0 saturated heterocycles. The Labute approximate surface area is 104 Å². The number of anilines is 1. The predicted molar refractivity (Wildman–Crippen MR) is 63.0 cm³/mol. The number of ether oxygens (including phenoxy) is 1. The number of nitrogens with one attached hydrogen (secondary N) is 1. The molecule has 0 atom stereocenters. The SMILES string of the molecule is COC1CC(Nc2ccc([N+](=O)[O-])c(C#N)n2)C1. The van der Waals surface area contributed by atoms with Gasteiger partial charge in [0.1, 0.15) is 11.9 Å². The molecular weight excluding hydrogens is 236 g/mol. The third-order valence-electron chi connectivity index (χ3n) is 2.96. The van der Waals surface area contributed by atoms with Crippen LogP contribution in [-0.4, -0.2) is 29.2 Å². The third kappa shape index (κ3) is 2.38. The molecule has 1 aromatic heterocycles. The van der Waals surface area contributed by atoms with Gasteiger partial charge in [-0.25, -0.2) is 4.98 Å². The summed E-state index contributed by atoms with van der Waals surface area (Å²) in [5.41, 5.74) is -0.445. The van der Waals surface area contributed by atoms with E-state index < -0.39 is 4.92 Å². The van der Waals surface area contributed by atoms with Gasteiger partial charge in [0, 0.05) is 19.2 Å². The number of rotatable bonds is 4. The summed E-state index contributed by atoms with van der Waals surface area (Å²) < 4.78 is 5.15. The Balaban J connectivity index is 2.07. The molecule has 1 fully saturated rings. The first-order valence-electron chi connectivity index (χ1n) is 5.49. The molecule has 2 rings (SSSR count). The summed E-state index contributed by atoms with van der Waals surface area (Å²) in [4.78, 5) is 14.0. The second-order valence-corrected chi connectivity index (χ2v) is 4.10. The second kappa shape index (κ2) is 4.98. The van der Waals surface area contributed by atoms with Gasteiger partial charge in [0.25, 0.3) is 0 Å². The highest BCUT2D eigenvalue weighted by Crippen LogP contribution is 2.26. The zero-order valence-electron chi connectivity index (χ0n) is 9.79. The molecule has 0 bridgehead atoms. The van der Waals surface area contributed by atoms with E-state index in [1.54, 1.807) is 13.2 Å². The average molecular weight is 248 g/mol. The van der Waals surface area contributed by atoms with E-state index in [9.17, 15) is 10.1 Å². The van der Waals surface area contributed by atoms with Crippen molar-refractivity contribution in [3.63, 3.8) is 0 Å². The Hall–Kier alpha value is -2.20. The summed E-state index contributed by atoms with van der Waals surface area (Å²) in [5, 5.41) is 22.6. The second-order valence-electron chi connectivity index (χ2n) is 4.10. The van der Waals surface area contributed by atoms with Gasteiger partial charge in [0.2, 0.25) is 5.69 Å². The first-order valence-corrected chi connectivity index (χ1v) is 5.49. The summed E-state index contributed by atoms with van der Waals surface area (Å²) in [6.45, 7) is 0. The number of aromatic nitrogens is 1. The van der Waals surface area contributed by atoms with Crippen LogP contribution in [0.3, 0.4) is 0 Å². The van der Waals surface area contributed by atoms with Gasteiger partial charge in [-0.2, -0.15) is 5.26 Å². The molecule has 0 unspecified atom stereocenters. The van der Waals surface area contributed by atoms with Crippen molar-refractivity contribution in [2.75, 3.05) is 12.4 Å². The van der Waals surface area contributed by atoms with Crippen molar-refractivity contribution in [2.45, 2.75) is 25.0 Å². The maximum Gasteiger partial charge on any atom is 0.305 e. The number of hydrogen-bond acceptors (Lipinski definition) is 6. The number of pyridine rings is 1. The van der Waals surface area contributed by atoms with Gasteiger partial charge in [-0.3, -0.25) is 10.1 Å². The molecule has 0 amide bonds. The third-order valence-corrected chi connectivity index (χ3v) is 2.96. The van der Waals surface area contributed by atoms with Gasteiger partial charge in [-0.15, -0.1) is 0 Å². The molecular formula is C11H12N4O3. The highest BCUT2D eigenvalue weighted by Gasteiger charge is 2.29. The lowest BCUT2D eigenvalue weighted by molar-refractivity contribution is -0.385. The van der Waals surface area contributed by atoms with Crippen LogP contribution in [0.15, 0.2) is 12.1 Å². The first-order chi connectivity index (χ1) is 8.63. The molecule has 1 aromatic rings. The van der Waals surface area contributed by atoms with Crippen molar-refractivity contribution in [3.05, 3.63) is 27.9 Å². The Bertz CT molecular complexity index is 506. The van der Waals surface area contributed by atoms with E-state index in [4.69, 9.17) is 10.00 Å². The van der Waals surface area contributed by atoms with Crippen LogP contribution in [0.4, 0.5) is 11.5 Å². The van der Waals surface area contributed by atoms with Crippen LogP contribution in [0.2, 0.25) is 0 Å². The van der Waals surface area contributed by atoms with Gasteiger partial charge in [-0.05, 0) is 18.9 Å². The van der Waals surface area contributed by atoms with Crippen LogP contribution in [0.25, 0.3) is 0 Å². The molecule has 0 aliphatic heterocycles. The minimum atomic E-state index is -0.611. The Morgan fingerprint density at radius 3 is 2.89 bits per heavy atom. The maximum atomic E-state index is 10.6. The van der Waals surface area contributed by atoms with Gasteiger partial charge in [0.05, 0.1) is 11.0 Å². The Morgan fingerprint density at radius 1 is 1.61 bits per heavy atom. The summed E-state index contributed by atoms with van der Waals surface area (Å²) in [5.74, 6) is 0.483. The van der Waals surface area contributed by atoms with Gasteiger partial charge in [-0.1, -0.05) is 0 Å². The van der Waals surface area contributed by atoms with Crippen molar-refractivity contribution in [1.82, 2.24) is 4.98 Å². The molecule has 1 saturated carbocycles. The van der Waals surface area contributed by atoms with Gasteiger partial charge in [0.15, 0.2) is 0 Å². The van der Waals surface area contributed by atoms with Crippen molar-refractivity contribution >= 4 is 11.5 Å². The Morgan fingerprint density at radius 2 is 2.33 bits per heavy atom. The van der Waals surface area contributed by atoms with Crippen LogP contribution in [-0.2, 0) is 4.74 Å². The number of nitro groups is 1. The van der Waals surface area contributed by atoms with E-state index in [-0.39, 0.29) is 23.5 Å². The highest BCUT2D eigenvalue weighted by molar-refractivity contribution is 5.50. The van der Waals surface area contributed by atoms with Crippen LogP contribution >= 0.6 is 0 Å². The van der Waals surface area contributed by atoms with E-state index in [0.717, 1.165) is 12.8 Å². The highest BCUT2D eigenvalue weighted by atomic mass is 16.6. The topological polar surface area (TPSA) is 101 Å². The van der Waals surface area contributed by atoms with E-state index in [1.165, 1.54) is 12.1 Å². The maximum absolute atomic E-state index is 10.6. The molecule has 7 nitrogen and oxygen atoms in total. The van der Waals surface area contributed by atoms with E-state index in [0.29, 0.717) is 5.82 Å². The minimum absolute atomic E-state index is 0.174. The fraction of sp³-hybridized carbons (Fsp3) is 0.455. The van der Waals surface area contributed by atoms with Crippen LogP contribution in [0.5, 0.6) is 0 Å². The standard InChI is InChI=1S/C11H12N4O3/c1-18-8-4-7(5-8)13-11-3-2-10(15(16)17)9(6-12)14-11/h2-3,7-8H,4-5H2,1H3,(H,13,14). The molecule has 1 aliphatic carbocycles. The summed E-state index contributed by atoms with van der Waals surface area (Å²) >= 11 is 0. The van der Waals surface area contributed by atoms with Crippen molar-refractivity contribution in [1.29, 1.82) is 5.26 Å². The zero-order chi connectivity index (χ0) is 13.1. The fourth-order valence-electron chi connectivity index (χ4n) is 1.85.